The van der Waals surface area contributed by atoms with E-state index in [1.54, 1.807) is 21.3 Å². The van der Waals surface area contributed by atoms with Crippen LogP contribution < -0.4 is 0 Å². The van der Waals surface area contributed by atoms with Gasteiger partial charge in [0.05, 0.1) is 35.4 Å². The number of rotatable bonds is 5. The van der Waals surface area contributed by atoms with Crippen molar-refractivity contribution in [1.29, 1.82) is 0 Å². The Kier molecular flexibility index (Phi) is 4.87. The molecule has 36 heavy (non-hydrogen) atoms. The number of hydrogen-bond acceptors (Lipinski definition) is 9. The van der Waals surface area contributed by atoms with Gasteiger partial charge in [-0.05, 0) is 31.2 Å². The van der Waals surface area contributed by atoms with Crippen LogP contribution in [0.2, 0.25) is 0 Å². The van der Waals surface area contributed by atoms with Crippen LogP contribution in [0, 0.1) is 28.6 Å². The summed E-state index contributed by atoms with van der Waals surface area (Å²) >= 11 is 0. The number of fused-ring (bicyclic) bond motifs is 1. The Morgan fingerprint density at radius 1 is 1.11 bits per heavy atom. The van der Waals surface area contributed by atoms with E-state index >= 15 is 0 Å². The minimum Gasteiger partial charge on any atom is -0.459 e. The molecule has 2 aliphatic heterocycles. The zero-order valence-electron chi connectivity index (χ0n) is 22.3. The third kappa shape index (κ3) is 2.16. The van der Waals surface area contributed by atoms with Crippen LogP contribution in [0.5, 0.6) is 0 Å². The Morgan fingerprint density at radius 2 is 1.89 bits per heavy atom. The molecule has 7 bridgehead atoms. The van der Waals surface area contributed by atoms with E-state index in [9.17, 15) is 9.90 Å². The summed E-state index contributed by atoms with van der Waals surface area (Å²) in [4.78, 5) is 15.3. The molecule has 0 aromatic heterocycles. The Bertz CT molecular complexity index is 979. The molecule has 0 aromatic carbocycles. The van der Waals surface area contributed by atoms with Gasteiger partial charge < -0.3 is 33.5 Å². The summed E-state index contributed by atoms with van der Waals surface area (Å²) in [5.74, 6) is -0.771. The number of piperidine rings is 1. The summed E-state index contributed by atoms with van der Waals surface area (Å²) < 4.78 is 38.7. The van der Waals surface area contributed by atoms with Crippen LogP contribution >= 0.6 is 0 Å². The molecule has 2 heterocycles. The van der Waals surface area contributed by atoms with Crippen LogP contribution in [0.4, 0.5) is 0 Å². The minimum absolute atomic E-state index is 0.0317. The highest BCUT2D eigenvalue weighted by Crippen LogP contribution is 2.83. The largest absolute Gasteiger partial charge is 0.459 e. The fourth-order valence-electron chi connectivity index (χ4n) is 11.7. The van der Waals surface area contributed by atoms with Crippen LogP contribution in [0.25, 0.3) is 0 Å². The average Bonchev–Trinajstić information content (AvgIpc) is 3.40. The minimum atomic E-state index is -1.16. The zero-order chi connectivity index (χ0) is 25.5. The summed E-state index contributed by atoms with van der Waals surface area (Å²) in [7, 11) is 5.23. The number of esters is 1. The van der Waals surface area contributed by atoms with Gasteiger partial charge in [-0.25, -0.2) is 0 Å². The highest BCUT2D eigenvalue weighted by atomic mass is 16.7. The highest BCUT2D eigenvalue weighted by Gasteiger charge is 2.97. The maximum Gasteiger partial charge on any atom is 0.303 e. The van der Waals surface area contributed by atoms with Crippen molar-refractivity contribution in [1.82, 2.24) is 4.90 Å². The standard InChI is InChI=1S/C27H41NO8/c1-7-28-12-23(3)9-8-17(32-5)26-20(23)21(36-14(2)29)27(22(26)28)25(34-13-35-27)11-16(31-4)15-10-24(26,30)19(25)18(15)33-6/h15-22,30H,7-13H2,1-6H3/t15-,16+,17+,18+,19+,20+,21+,22+,23+,24+,25-,26-,27-/m1/s1. The van der Waals surface area contributed by atoms with Gasteiger partial charge in [-0.2, -0.15) is 0 Å². The first kappa shape index (κ1) is 24.2. The van der Waals surface area contributed by atoms with Crippen LogP contribution in [0.3, 0.4) is 0 Å². The molecule has 7 fully saturated rings. The molecule has 2 saturated heterocycles. The number of carbonyl (C=O) groups is 1. The third-order valence-corrected chi connectivity index (χ3v) is 12.2. The lowest BCUT2D eigenvalue weighted by molar-refractivity contribution is -0.332. The molecule has 0 aromatic rings. The number of hydrogen-bond donors (Lipinski definition) is 1. The van der Waals surface area contributed by atoms with Gasteiger partial charge in [0.2, 0.25) is 0 Å². The van der Waals surface area contributed by atoms with Gasteiger partial charge in [-0.15, -0.1) is 0 Å². The molecule has 13 atom stereocenters. The Balaban J connectivity index is 1.61. The van der Waals surface area contributed by atoms with E-state index in [-0.39, 0.29) is 60.3 Å². The molecule has 0 amide bonds. The van der Waals surface area contributed by atoms with Crippen molar-refractivity contribution in [2.75, 3.05) is 41.2 Å². The number of ether oxygens (including phenoxy) is 6. The van der Waals surface area contributed by atoms with Crippen molar-refractivity contribution in [3.8, 4) is 0 Å². The van der Waals surface area contributed by atoms with E-state index in [0.717, 1.165) is 25.9 Å². The Morgan fingerprint density at radius 3 is 2.53 bits per heavy atom. The van der Waals surface area contributed by atoms with Gasteiger partial charge >= 0.3 is 5.97 Å². The molecule has 0 radical (unpaired) electrons. The smallest absolute Gasteiger partial charge is 0.303 e. The van der Waals surface area contributed by atoms with E-state index in [0.29, 0.717) is 12.8 Å². The molecule has 1 N–H and O–H groups in total. The first-order valence-corrected chi connectivity index (χ1v) is 13.7. The summed E-state index contributed by atoms with van der Waals surface area (Å²) in [6.45, 7) is 7.72. The van der Waals surface area contributed by atoms with Gasteiger partial charge in [0, 0.05) is 59.0 Å². The van der Waals surface area contributed by atoms with Crippen LogP contribution in [-0.4, -0.2) is 104 Å². The van der Waals surface area contributed by atoms with Crippen molar-refractivity contribution in [2.24, 2.45) is 28.6 Å². The second kappa shape index (κ2) is 7.23. The average molecular weight is 508 g/mol. The van der Waals surface area contributed by atoms with Crippen molar-refractivity contribution < 1.29 is 38.3 Å². The van der Waals surface area contributed by atoms with E-state index < -0.39 is 28.3 Å². The summed E-state index contributed by atoms with van der Waals surface area (Å²) in [5.41, 5.74) is -3.94. The summed E-state index contributed by atoms with van der Waals surface area (Å²) in [6, 6.07) is -0.224. The van der Waals surface area contributed by atoms with E-state index in [1.165, 1.54) is 6.92 Å². The van der Waals surface area contributed by atoms with Gasteiger partial charge in [0.15, 0.2) is 5.60 Å². The van der Waals surface area contributed by atoms with Crippen LogP contribution in [0.1, 0.15) is 46.5 Å². The molecule has 5 aliphatic carbocycles. The molecule has 7 aliphatic rings. The molecule has 0 unspecified atom stereocenters. The second-order valence-electron chi connectivity index (χ2n) is 12.9. The molecule has 5 saturated carbocycles. The maximum atomic E-state index is 13.4. The monoisotopic (exact) mass is 507 g/mol. The fraction of sp³-hybridized carbons (Fsp3) is 0.963. The molecule has 202 valence electrons. The molecular weight excluding hydrogens is 466 g/mol. The van der Waals surface area contributed by atoms with Crippen molar-refractivity contribution in [3.05, 3.63) is 0 Å². The molecule has 3 spiro atoms. The fourth-order valence-corrected chi connectivity index (χ4v) is 11.7. The lowest BCUT2D eigenvalue weighted by Gasteiger charge is -2.71. The molecular formula is C27H41NO8. The lowest BCUT2D eigenvalue weighted by atomic mass is 9.41. The van der Waals surface area contributed by atoms with E-state index in [4.69, 9.17) is 28.4 Å². The highest BCUT2D eigenvalue weighted by molar-refractivity contribution is 5.67. The maximum absolute atomic E-state index is 13.4. The number of nitrogens with zero attached hydrogens (tertiary/aromatic N) is 1. The van der Waals surface area contributed by atoms with Gasteiger partial charge in [0.1, 0.15) is 18.5 Å². The summed E-state index contributed by atoms with van der Waals surface area (Å²) in [6.07, 6.45) is 1.69. The van der Waals surface area contributed by atoms with Crippen molar-refractivity contribution in [3.63, 3.8) is 0 Å². The van der Waals surface area contributed by atoms with Crippen LogP contribution in [-0.2, 0) is 33.2 Å². The topological polar surface area (TPSA) is 95.9 Å². The summed E-state index contributed by atoms with van der Waals surface area (Å²) in [5, 5.41) is 13.4. The quantitative estimate of drug-likeness (QED) is 0.553. The predicted molar refractivity (Wildman–Crippen MR) is 126 cm³/mol. The van der Waals surface area contributed by atoms with Gasteiger partial charge in [-0.3, -0.25) is 9.69 Å². The molecule has 9 nitrogen and oxygen atoms in total. The Labute approximate surface area is 213 Å². The number of methoxy groups -OCH3 is 3. The van der Waals surface area contributed by atoms with Crippen LogP contribution in [0.15, 0.2) is 0 Å². The van der Waals surface area contributed by atoms with E-state index in [2.05, 4.69) is 18.7 Å². The van der Waals surface area contributed by atoms with Crippen molar-refractivity contribution >= 4 is 5.97 Å². The van der Waals surface area contributed by atoms with Crippen molar-refractivity contribution in [2.45, 2.75) is 93.7 Å². The molecule has 7 rings (SSSR count). The number of aliphatic hydroxyl groups is 1. The normalized spacial score (nSPS) is 60.2. The second-order valence-corrected chi connectivity index (χ2v) is 12.9. The number of likely N-dealkylation sites (tertiary alicyclic amines) is 1. The number of likely N-dealkylation sites (N-methyl/N-ethyl adjacent to an activating group) is 1. The zero-order valence-corrected chi connectivity index (χ0v) is 22.3. The SMILES string of the molecule is CCN1C[C@]2(C)CC[C@H](OC)[C@@]34[C@H]1[C@]1(OCO[C@@]15C[C@H](OC)[C@H]1C[C@]3(O)[C@@H]5[C@H]1OC)[C@@H](OC(C)=O)[C@@H]24. The number of carbonyl (C=O) groups excluding carboxylic acids is 1. The van der Waals surface area contributed by atoms with Gasteiger partial charge in [-0.1, -0.05) is 13.8 Å². The van der Waals surface area contributed by atoms with E-state index in [1.807, 2.05) is 0 Å². The lowest BCUT2D eigenvalue weighted by Crippen LogP contribution is -2.85. The first-order valence-electron chi connectivity index (χ1n) is 13.7. The van der Waals surface area contributed by atoms with Gasteiger partial charge in [0.25, 0.3) is 0 Å². The molecule has 9 heteroatoms. The third-order valence-electron chi connectivity index (χ3n) is 12.2. The first-order chi connectivity index (χ1) is 17.2. The predicted octanol–water partition coefficient (Wildman–Crippen LogP) is 1.35. The Hall–Kier alpha value is -0.810.